The van der Waals surface area contributed by atoms with Crippen molar-refractivity contribution in [1.82, 2.24) is 15.1 Å². The van der Waals surface area contributed by atoms with Gasteiger partial charge in [-0.3, -0.25) is 4.79 Å². The predicted octanol–water partition coefficient (Wildman–Crippen LogP) is 1.83. The van der Waals surface area contributed by atoms with E-state index in [1.807, 2.05) is 12.3 Å². The monoisotopic (exact) mass is 326 g/mol. The van der Waals surface area contributed by atoms with Crippen molar-refractivity contribution in [3.63, 3.8) is 0 Å². The second kappa shape index (κ2) is 9.17. The molecule has 5 nitrogen and oxygen atoms in total. The van der Waals surface area contributed by atoms with E-state index in [1.54, 1.807) is 16.8 Å². The van der Waals surface area contributed by atoms with E-state index in [9.17, 15) is 9.18 Å². The maximum absolute atomic E-state index is 12.9. The molecular formula is C15H20ClFN4O. The Morgan fingerprint density at radius 3 is 2.68 bits per heavy atom. The summed E-state index contributed by atoms with van der Waals surface area (Å²) in [6.07, 6.45) is 3.63. The number of nitrogens with one attached hydrogen (secondary N) is 1. The minimum absolute atomic E-state index is 0. The van der Waals surface area contributed by atoms with E-state index in [1.165, 1.54) is 12.1 Å². The fraction of sp³-hybridized carbons (Fsp3) is 0.333. The van der Waals surface area contributed by atoms with Gasteiger partial charge in [0.15, 0.2) is 0 Å². The highest BCUT2D eigenvalue weighted by Crippen LogP contribution is 2.09. The number of hydrogen-bond donors (Lipinski definition) is 2. The van der Waals surface area contributed by atoms with E-state index in [0.717, 1.165) is 11.4 Å². The van der Waals surface area contributed by atoms with Crippen molar-refractivity contribution >= 4 is 18.3 Å². The van der Waals surface area contributed by atoms with Crippen molar-refractivity contribution in [1.29, 1.82) is 0 Å². The largest absolute Gasteiger partial charge is 0.356 e. The Balaban J connectivity index is 0.00000242. The van der Waals surface area contributed by atoms with Gasteiger partial charge in [0.25, 0.3) is 0 Å². The van der Waals surface area contributed by atoms with Crippen molar-refractivity contribution in [2.75, 3.05) is 13.1 Å². The third-order valence-electron chi connectivity index (χ3n) is 3.05. The number of halogens is 2. The van der Waals surface area contributed by atoms with Gasteiger partial charge < -0.3 is 11.1 Å². The summed E-state index contributed by atoms with van der Waals surface area (Å²) in [6, 6.07) is 8.01. The Labute approximate surface area is 135 Å². The van der Waals surface area contributed by atoms with Crippen LogP contribution in [0.25, 0.3) is 5.69 Å². The Hall–Kier alpha value is -1.92. The van der Waals surface area contributed by atoms with Crippen LogP contribution in [-0.2, 0) is 11.2 Å². The third-order valence-corrected chi connectivity index (χ3v) is 3.05. The van der Waals surface area contributed by atoms with Gasteiger partial charge in [0.2, 0.25) is 5.91 Å². The number of nitrogens with two attached hydrogens (primary N) is 1. The number of carbonyl (C=O) groups excluding carboxylic acids is 1. The van der Waals surface area contributed by atoms with Crippen molar-refractivity contribution in [2.24, 2.45) is 5.73 Å². The lowest BCUT2D eigenvalue weighted by Crippen LogP contribution is -2.26. The smallest absolute Gasteiger partial charge is 0.220 e. The van der Waals surface area contributed by atoms with E-state index in [2.05, 4.69) is 10.4 Å². The number of amides is 1. The Bertz CT molecular complexity index is 585. The Kier molecular flexibility index (Phi) is 7.56. The lowest BCUT2D eigenvalue weighted by atomic mass is 10.3. The molecule has 0 atom stereocenters. The first-order valence-electron chi connectivity index (χ1n) is 6.96. The highest BCUT2D eigenvalue weighted by Gasteiger charge is 2.03. The van der Waals surface area contributed by atoms with Crippen LogP contribution in [0, 0.1) is 5.82 Å². The van der Waals surface area contributed by atoms with Crippen LogP contribution in [0.15, 0.2) is 36.5 Å². The lowest BCUT2D eigenvalue weighted by Gasteiger charge is -2.03. The minimum Gasteiger partial charge on any atom is -0.356 e. The molecule has 1 aromatic carbocycles. The summed E-state index contributed by atoms with van der Waals surface area (Å²) in [7, 11) is 0. The van der Waals surface area contributed by atoms with Crippen LogP contribution < -0.4 is 11.1 Å². The molecule has 7 heteroatoms. The molecule has 0 fully saturated rings. The number of benzene rings is 1. The molecule has 0 radical (unpaired) electrons. The summed E-state index contributed by atoms with van der Waals surface area (Å²) < 4.78 is 14.5. The summed E-state index contributed by atoms with van der Waals surface area (Å²) in [5.41, 5.74) is 7.02. The molecule has 2 aromatic rings. The van der Waals surface area contributed by atoms with E-state index >= 15 is 0 Å². The molecule has 0 saturated heterocycles. The predicted molar refractivity (Wildman–Crippen MR) is 85.8 cm³/mol. The zero-order valence-corrected chi connectivity index (χ0v) is 13.0. The zero-order chi connectivity index (χ0) is 15.1. The second-order valence-corrected chi connectivity index (χ2v) is 4.72. The number of rotatable bonds is 7. The number of carbonyl (C=O) groups is 1. The van der Waals surface area contributed by atoms with Gasteiger partial charge in [0.05, 0.1) is 11.4 Å². The first-order valence-corrected chi connectivity index (χ1v) is 6.96. The Morgan fingerprint density at radius 2 is 2.00 bits per heavy atom. The van der Waals surface area contributed by atoms with Crippen LogP contribution >= 0.6 is 12.4 Å². The highest BCUT2D eigenvalue weighted by molar-refractivity contribution is 5.85. The van der Waals surface area contributed by atoms with Gasteiger partial charge in [-0.15, -0.1) is 12.4 Å². The number of hydrogen-bond acceptors (Lipinski definition) is 3. The van der Waals surface area contributed by atoms with Gasteiger partial charge in [0, 0.05) is 25.6 Å². The van der Waals surface area contributed by atoms with Crippen molar-refractivity contribution in [2.45, 2.75) is 19.3 Å². The van der Waals surface area contributed by atoms with Gasteiger partial charge in [-0.2, -0.15) is 5.10 Å². The molecule has 0 saturated carbocycles. The molecule has 120 valence electrons. The van der Waals surface area contributed by atoms with Gasteiger partial charge in [-0.25, -0.2) is 9.07 Å². The molecule has 22 heavy (non-hydrogen) atoms. The first-order chi connectivity index (χ1) is 10.2. The fourth-order valence-corrected chi connectivity index (χ4v) is 1.91. The summed E-state index contributed by atoms with van der Waals surface area (Å²) >= 11 is 0. The SMILES string of the molecule is Cl.NCCCC(=O)NCCc1ccn(-c2ccc(F)cc2)n1. The molecule has 3 N–H and O–H groups in total. The zero-order valence-electron chi connectivity index (χ0n) is 12.2. The third kappa shape index (κ3) is 5.46. The van der Waals surface area contributed by atoms with Crippen LogP contribution in [0.3, 0.4) is 0 Å². The molecule has 1 aromatic heterocycles. The quantitative estimate of drug-likeness (QED) is 0.815. The highest BCUT2D eigenvalue weighted by atomic mass is 35.5. The summed E-state index contributed by atoms with van der Waals surface area (Å²) in [6.45, 7) is 1.07. The molecule has 0 bridgehead atoms. The van der Waals surface area contributed by atoms with Crippen LogP contribution in [-0.4, -0.2) is 28.8 Å². The maximum Gasteiger partial charge on any atom is 0.220 e. The van der Waals surface area contributed by atoms with Gasteiger partial charge in [0.1, 0.15) is 5.82 Å². The molecule has 0 aliphatic carbocycles. The van der Waals surface area contributed by atoms with Crippen LogP contribution in [0.5, 0.6) is 0 Å². The molecule has 0 aliphatic heterocycles. The standard InChI is InChI=1S/C15H19FN4O.ClH/c16-12-3-5-14(6-4-12)20-11-8-13(19-20)7-10-18-15(21)2-1-9-17;/h3-6,8,11H,1-2,7,9-10,17H2,(H,18,21);1H. The average Bonchev–Trinajstić information content (AvgIpc) is 2.95. The van der Waals surface area contributed by atoms with E-state index in [-0.39, 0.29) is 24.1 Å². The molecule has 1 amide bonds. The van der Waals surface area contributed by atoms with Crippen molar-refractivity contribution < 1.29 is 9.18 Å². The first kappa shape index (κ1) is 18.1. The average molecular weight is 327 g/mol. The van der Waals surface area contributed by atoms with E-state index < -0.39 is 0 Å². The molecule has 1 heterocycles. The molecule has 0 aliphatic rings. The molecular weight excluding hydrogens is 307 g/mol. The topological polar surface area (TPSA) is 72.9 Å². The summed E-state index contributed by atoms with van der Waals surface area (Å²) in [5, 5.41) is 7.22. The van der Waals surface area contributed by atoms with Gasteiger partial charge >= 0.3 is 0 Å². The van der Waals surface area contributed by atoms with Crippen LogP contribution in [0.4, 0.5) is 4.39 Å². The van der Waals surface area contributed by atoms with Crippen LogP contribution in [0.1, 0.15) is 18.5 Å². The lowest BCUT2D eigenvalue weighted by molar-refractivity contribution is -0.121. The van der Waals surface area contributed by atoms with Gasteiger partial charge in [-0.1, -0.05) is 0 Å². The van der Waals surface area contributed by atoms with Crippen molar-refractivity contribution in [3.05, 3.63) is 48.0 Å². The summed E-state index contributed by atoms with van der Waals surface area (Å²) in [4.78, 5) is 11.4. The molecule has 0 unspecified atom stereocenters. The van der Waals surface area contributed by atoms with E-state index in [0.29, 0.717) is 32.4 Å². The minimum atomic E-state index is -0.272. The maximum atomic E-state index is 12.9. The van der Waals surface area contributed by atoms with Crippen molar-refractivity contribution in [3.8, 4) is 5.69 Å². The Morgan fingerprint density at radius 1 is 1.27 bits per heavy atom. The normalized spacial score (nSPS) is 10.1. The number of aromatic nitrogens is 2. The molecule has 0 spiro atoms. The molecule has 2 rings (SSSR count). The van der Waals surface area contributed by atoms with E-state index in [4.69, 9.17) is 5.73 Å². The summed E-state index contributed by atoms with van der Waals surface area (Å²) in [5.74, 6) is -0.260. The van der Waals surface area contributed by atoms with Gasteiger partial charge in [-0.05, 0) is 43.3 Å². The van der Waals surface area contributed by atoms with Crippen LogP contribution in [0.2, 0.25) is 0 Å². The second-order valence-electron chi connectivity index (χ2n) is 4.72. The number of nitrogens with zero attached hydrogens (tertiary/aromatic N) is 2. The fourth-order valence-electron chi connectivity index (χ4n) is 1.91.